The molecule has 0 saturated carbocycles. The Morgan fingerprint density at radius 1 is 1.16 bits per heavy atom. The van der Waals surface area contributed by atoms with Crippen LogP contribution in [0.4, 0.5) is 17.1 Å². The summed E-state index contributed by atoms with van der Waals surface area (Å²) < 4.78 is 32.6. The lowest BCUT2D eigenvalue weighted by molar-refractivity contribution is -0.384. The molecule has 0 spiro atoms. The van der Waals surface area contributed by atoms with Crippen LogP contribution in [0.25, 0.3) is 0 Å². The topological polar surface area (TPSA) is 143 Å². The number of para-hydroxylation sites is 1. The van der Waals surface area contributed by atoms with Gasteiger partial charge in [0.1, 0.15) is 5.69 Å². The van der Waals surface area contributed by atoms with Gasteiger partial charge in [0.05, 0.1) is 23.1 Å². The highest BCUT2D eigenvalue weighted by Gasteiger charge is 2.21. The van der Waals surface area contributed by atoms with Crippen LogP contribution in [-0.4, -0.2) is 31.8 Å². The Hall–Kier alpha value is -3.83. The normalized spacial score (nSPS) is 11.3. The van der Waals surface area contributed by atoms with Crippen molar-refractivity contribution in [3.63, 3.8) is 0 Å². The van der Waals surface area contributed by atoms with Crippen LogP contribution in [0, 0.1) is 10.1 Å². The molecule has 0 atom stereocenters. The van der Waals surface area contributed by atoms with Crippen molar-refractivity contribution in [1.29, 1.82) is 0 Å². The summed E-state index contributed by atoms with van der Waals surface area (Å²) in [6, 6.07) is 14.0. The van der Waals surface area contributed by atoms with Crippen LogP contribution < -0.4 is 14.9 Å². The molecule has 0 fully saturated rings. The molecule has 10 nitrogen and oxygen atoms in total. The number of phenols is 1. The number of anilines is 2. The maximum absolute atomic E-state index is 12.6. The number of hydrazone groups is 1. The molecule has 3 aromatic carbocycles. The highest BCUT2D eigenvalue weighted by molar-refractivity contribution is 7.92. The van der Waals surface area contributed by atoms with Crippen LogP contribution in [0.2, 0.25) is 5.02 Å². The van der Waals surface area contributed by atoms with Crippen molar-refractivity contribution >= 4 is 44.9 Å². The zero-order valence-electron chi connectivity index (χ0n) is 16.5. The molecule has 0 aliphatic heterocycles. The van der Waals surface area contributed by atoms with Crippen LogP contribution >= 0.6 is 11.6 Å². The van der Waals surface area contributed by atoms with E-state index in [1.807, 2.05) is 0 Å². The first kappa shape index (κ1) is 22.8. The number of nitro benzene ring substituents is 1. The zero-order chi connectivity index (χ0) is 23.3. The second kappa shape index (κ2) is 9.54. The Balaban J connectivity index is 1.84. The van der Waals surface area contributed by atoms with Crippen molar-refractivity contribution in [3.05, 3.63) is 81.4 Å². The van der Waals surface area contributed by atoms with Gasteiger partial charge in [-0.3, -0.25) is 20.3 Å². The van der Waals surface area contributed by atoms with Crippen molar-refractivity contribution in [3.8, 4) is 11.5 Å². The third-order valence-corrected chi connectivity index (χ3v) is 5.84. The maximum atomic E-state index is 12.6. The molecule has 3 N–H and O–H groups in total. The number of nitrogens with one attached hydrogen (secondary N) is 2. The molecule has 0 amide bonds. The molecule has 0 aromatic heterocycles. The lowest BCUT2D eigenvalue weighted by atomic mass is 10.2. The predicted molar refractivity (Wildman–Crippen MR) is 121 cm³/mol. The SMILES string of the molecule is COc1cccc(C=NNc2ccc(S(=O)(=O)Nc3ccc(Cl)cc3)cc2[N+](=O)[O-])c1O. The van der Waals surface area contributed by atoms with Crippen LogP contribution in [-0.2, 0) is 10.0 Å². The summed E-state index contributed by atoms with van der Waals surface area (Å²) in [4.78, 5) is 10.5. The van der Waals surface area contributed by atoms with E-state index in [4.69, 9.17) is 16.3 Å². The fourth-order valence-electron chi connectivity index (χ4n) is 2.64. The summed E-state index contributed by atoms with van der Waals surface area (Å²) in [6.07, 6.45) is 1.24. The van der Waals surface area contributed by atoms with E-state index in [0.717, 1.165) is 6.07 Å². The minimum absolute atomic E-state index is 0.0425. The highest BCUT2D eigenvalue weighted by atomic mass is 35.5. The van der Waals surface area contributed by atoms with Gasteiger partial charge in [-0.2, -0.15) is 5.10 Å². The van der Waals surface area contributed by atoms with E-state index in [0.29, 0.717) is 10.6 Å². The third kappa shape index (κ3) is 5.25. The predicted octanol–water partition coefficient (Wildman–Crippen LogP) is 4.21. The standard InChI is InChI=1S/C20H17ClN4O6S/c1-31-19-4-2-3-13(20(19)26)12-22-23-17-10-9-16(11-18(17)25(27)28)32(29,30)24-15-7-5-14(21)6-8-15/h2-12,23-24,26H,1H3. The lowest BCUT2D eigenvalue weighted by Gasteiger charge is -2.09. The van der Waals surface area contributed by atoms with E-state index in [-0.39, 0.29) is 27.8 Å². The molecule has 0 unspecified atom stereocenters. The molecule has 0 saturated heterocycles. The Morgan fingerprint density at radius 2 is 1.88 bits per heavy atom. The van der Waals surface area contributed by atoms with E-state index >= 15 is 0 Å². The number of rotatable bonds is 8. The molecule has 0 aliphatic carbocycles. The van der Waals surface area contributed by atoms with Crippen LogP contribution in [0.5, 0.6) is 11.5 Å². The molecule has 0 radical (unpaired) electrons. The average Bonchev–Trinajstić information content (AvgIpc) is 2.76. The summed E-state index contributed by atoms with van der Waals surface area (Å²) in [5.74, 6) is 0.0902. The monoisotopic (exact) mass is 476 g/mol. The molecule has 12 heteroatoms. The summed E-state index contributed by atoms with van der Waals surface area (Å²) in [7, 11) is -2.69. The minimum atomic E-state index is -4.09. The number of hydrogen-bond acceptors (Lipinski definition) is 8. The molecule has 3 rings (SSSR count). The van der Waals surface area contributed by atoms with Gasteiger partial charge in [-0.15, -0.1) is 0 Å². The molecule has 166 valence electrons. The van der Waals surface area contributed by atoms with E-state index in [1.165, 1.54) is 49.7 Å². The van der Waals surface area contributed by atoms with E-state index in [2.05, 4.69) is 15.2 Å². The number of ether oxygens (including phenoxy) is 1. The van der Waals surface area contributed by atoms with Gasteiger partial charge in [-0.25, -0.2) is 8.42 Å². The number of nitro groups is 1. The number of halogens is 1. The van der Waals surface area contributed by atoms with Gasteiger partial charge in [-0.05, 0) is 48.5 Å². The molecule has 0 heterocycles. The second-order valence-electron chi connectivity index (χ2n) is 6.32. The first-order valence-corrected chi connectivity index (χ1v) is 10.8. The van der Waals surface area contributed by atoms with Gasteiger partial charge in [0.2, 0.25) is 0 Å². The number of benzene rings is 3. The first-order chi connectivity index (χ1) is 15.2. The Labute approximate surface area is 188 Å². The fraction of sp³-hybridized carbons (Fsp3) is 0.0500. The van der Waals surface area contributed by atoms with Gasteiger partial charge in [0.15, 0.2) is 11.5 Å². The second-order valence-corrected chi connectivity index (χ2v) is 8.44. The molecular weight excluding hydrogens is 460 g/mol. The summed E-state index contributed by atoms with van der Waals surface area (Å²) in [5.41, 5.74) is 2.50. The van der Waals surface area contributed by atoms with Gasteiger partial charge in [-0.1, -0.05) is 17.7 Å². The maximum Gasteiger partial charge on any atom is 0.295 e. The fourth-order valence-corrected chi connectivity index (χ4v) is 3.84. The first-order valence-electron chi connectivity index (χ1n) is 8.93. The van der Waals surface area contributed by atoms with Gasteiger partial charge in [0.25, 0.3) is 15.7 Å². The quantitative estimate of drug-likeness (QED) is 0.251. The van der Waals surface area contributed by atoms with Crippen LogP contribution in [0.3, 0.4) is 0 Å². The summed E-state index contributed by atoms with van der Waals surface area (Å²) in [6.45, 7) is 0. The smallest absolute Gasteiger partial charge is 0.295 e. The lowest BCUT2D eigenvalue weighted by Crippen LogP contribution is -2.13. The number of hydrogen-bond donors (Lipinski definition) is 3. The van der Waals surface area contributed by atoms with Crippen molar-refractivity contribution in [1.82, 2.24) is 0 Å². The molecule has 3 aromatic rings. The van der Waals surface area contributed by atoms with Gasteiger partial charge in [0, 0.05) is 22.3 Å². The van der Waals surface area contributed by atoms with Crippen molar-refractivity contribution < 1.29 is 23.2 Å². The Bertz CT molecular complexity index is 1280. The van der Waals surface area contributed by atoms with Crippen LogP contribution in [0.1, 0.15) is 5.56 Å². The van der Waals surface area contributed by atoms with Crippen molar-refractivity contribution in [2.75, 3.05) is 17.3 Å². The van der Waals surface area contributed by atoms with Gasteiger partial charge >= 0.3 is 0 Å². The van der Waals surface area contributed by atoms with E-state index in [1.54, 1.807) is 18.2 Å². The number of sulfonamides is 1. The Morgan fingerprint density at radius 3 is 2.53 bits per heavy atom. The number of aromatic hydroxyl groups is 1. The largest absolute Gasteiger partial charge is 0.504 e. The number of nitrogens with zero attached hydrogens (tertiary/aromatic N) is 2. The number of methoxy groups -OCH3 is 1. The summed E-state index contributed by atoms with van der Waals surface area (Å²) in [5, 5.41) is 25.9. The molecule has 0 bridgehead atoms. The highest BCUT2D eigenvalue weighted by Crippen LogP contribution is 2.30. The molecule has 32 heavy (non-hydrogen) atoms. The summed E-state index contributed by atoms with van der Waals surface area (Å²) >= 11 is 5.79. The number of phenolic OH excluding ortho intramolecular Hbond substituents is 1. The molecule has 0 aliphatic rings. The van der Waals surface area contributed by atoms with Crippen molar-refractivity contribution in [2.45, 2.75) is 4.90 Å². The van der Waals surface area contributed by atoms with Gasteiger partial charge < -0.3 is 9.84 Å². The van der Waals surface area contributed by atoms with Crippen molar-refractivity contribution in [2.24, 2.45) is 5.10 Å². The minimum Gasteiger partial charge on any atom is -0.504 e. The van der Waals surface area contributed by atoms with Crippen LogP contribution in [0.15, 0.2) is 70.7 Å². The van der Waals surface area contributed by atoms with E-state index in [9.17, 15) is 23.6 Å². The van der Waals surface area contributed by atoms with E-state index < -0.39 is 20.6 Å². The average molecular weight is 477 g/mol. The third-order valence-electron chi connectivity index (χ3n) is 4.21. The zero-order valence-corrected chi connectivity index (χ0v) is 18.1. The Kier molecular flexibility index (Phi) is 6.81. The molecular formula is C20H17ClN4O6S.